The molecule has 1 aliphatic heterocycles. The van der Waals surface area contributed by atoms with Crippen LogP contribution in [0.4, 0.5) is 4.79 Å². The SMILES string of the molecule is C=CC1(C)C(=O)NC(=O)N1Br. The van der Waals surface area contributed by atoms with Gasteiger partial charge in [0.25, 0.3) is 5.91 Å². The lowest BCUT2D eigenvalue weighted by Crippen LogP contribution is -2.39. The molecule has 5 heteroatoms. The average Bonchev–Trinajstić information content (AvgIpc) is 2.16. The van der Waals surface area contributed by atoms with Crippen molar-refractivity contribution in [3.63, 3.8) is 0 Å². The van der Waals surface area contributed by atoms with E-state index in [9.17, 15) is 9.59 Å². The Bertz CT molecular complexity index is 241. The van der Waals surface area contributed by atoms with Crippen LogP contribution >= 0.6 is 16.1 Å². The molecule has 0 radical (unpaired) electrons. The maximum Gasteiger partial charge on any atom is 0.335 e. The molecule has 4 nitrogen and oxygen atoms in total. The second-order valence-electron chi connectivity index (χ2n) is 2.39. The maximum atomic E-state index is 11.1. The molecular weight excluding hydrogens is 212 g/mol. The van der Waals surface area contributed by atoms with Crippen molar-refractivity contribution in [2.24, 2.45) is 0 Å². The smallest absolute Gasteiger partial charge is 0.275 e. The third kappa shape index (κ3) is 0.956. The first kappa shape index (κ1) is 8.26. The van der Waals surface area contributed by atoms with Gasteiger partial charge in [-0.15, -0.1) is 6.58 Å². The molecule has 1 saturated heterocycles. The number of carbonyl (C=O) groups excluding carboxylic acids is 2. The monoisotopic (exact) mass is 218 g/mol. The van der Waals surface area contributed by atoms with Gasteiger partial charge in [-0.2, -0.15) is 0 Å². The van der Waals surface area contributed by atoms with E-state index in [-0.39, 0.29) is 5.91 Å². The van der Waals surface area contributed by atoms with Gasteiger partial charge in [0.15, 0.2) is 0 Å². The summed E-state index contributed by atoms with van der Waals surface area (Å²) in [6, 6.07) is -0.461. The van der Waals surface area contributed by atoms with Crippen molar-refractivity contribution < 1.29 is 9.59 Å². The van der Waals surface area contributed by atoms with Crippen molar-refractivity contribution in [2.45, 2.75) is 12.5 Å². The van der Waals surface area contributed by atoms with E-state index >= 15 is 0 Å². The molecular formula is C6H7BrN2O2. The van der Waals surface area contributed by atoms with Gasteiger partial charge < -0.3 is 0 Å². The van der Waals surface area contributed by atoms with Crippen LogP contribution in [0.25, 0.3) is 0 Å². The van der Waals surface area contributed by atoms with E-state index in [0.29, 0.717) is 0 Å². The first-order valence-electron chi connectivity index (χ1n) is 2.97. The number of hydrogen-bond acceptors (Lipinski definition) is 2. The van der Waals surface area contributed by atoms with Crippen LogP contribution in [0.3, 0.4) is 0 Å². The number of carbonyl (C=O) groups is 2. The van der Waals surface area contributed by atoms with E-state index < -0.39 is 11.6 Å². The molecule has 0 aromatic rings. The predicted molar refractivity (Wildman–Crippen MR) is 42.9 cm³/mol. The van der Waals surface area contributed by atoms with E-state index in [1.807, 2.05) is 0 Å². The van der Waals surface area contributed by atoms with Crippen molar-refractivity contribution in [1.29, 1.82) is 0 Å². The van der Waals surface area contributed by atoms with Crippen LogP contribution in [-0.2, 0) is 4.79 Å². The standard InChI is InChI=1S/C6H7BrN2O2/c1-3-6(2)4(10)8-5(11)9(6)7/h3H,1H2,2H3,(H,8,10,11). The fourth-order valence-corrected chi connectivity index (χ4v) is 1.14. The fraction of sp³-hybridized carbons (Fsp3) is 0.333. The van der Waals surface area contributed by atoms with Gasteiger partial charge in [-0.1, -0.05) is 6.08 Å². The third-order valence-electron chi connectivity index (χ3n) is 1.66. The van der Waals surface area contributed by atoms with Gasteiger partial charge in [-0.3, -0.25) is 10.1 Å². The molecule has 1 rings (SSSR count). The van der Waals surface area contributed by atoms with Crippen molar-refractivity contribution in [2.75, 3.05) is 0 Å². The van der Waals surface area contributed by atoms with Crippen molar-refractivity contribution in [3.05, 3.63) is 12.7 Å². The van der Waals surface area contributed by atoms with E-state index in [1.54, 1.807) is 6.92 Å². The van der Waals surface area contributed by atoms with Crippen LogP contribution in [0.1, 0.15) is 6.92 Å². The highest BCUT2D eigenvalue weighted by Crippen LogP contribution is 2.25. The lowest BCUT2D eigenvalue weighted by atomic mass is 10.0. The molecule has 11 heavy (non-hydrogen) atoms. The zero-order valence-electron chi connectivity index (χ0n) is 5.93. The predicted octanol–water partition coefficient (Wildman–Crippen LogP) is 0.793. The Morgan fingerprint density at radius 2 is 2.27 bits per heavy atom. The molecule has 1 atom stereocenters. The van der Waals surface area contributed by atoms with Gasteiger partial charge in [0.1, 0.15) is 5.54 Å². The summed E-state index contributed by atoms with van der Waals surface area (Å²) in [5.41, 5.74) is -0.961. The minimum Gasteiger partial charge on any atom is -0.275 e. The van der Waals surface area contributed by atoms with Crippen LogP contribution in [-0.4, -0.2) is 21.4 Å². The Kier molecular flexibility index (Phi) is 1.75. The highest BCUT2D eigenvalue weighted by atomic mass is 79.9. The third-order valence-corrected chi connectivity index (χ3v) is 2.72. The Morgan fingerprint density at radius 1 is 1.73 bits per heavy atom. The fourth-order valence-electron chi connectivity index (χ4n) is 0.746. The molecule has 60 valence electrons. The summed E-state index contributed by atoms with van der Waals surface area (Å²) in [6.45, 7) is 5.06. The number of halogens is 1. The largest absolute Gasteiger partial charge is 0.335 e. The lowest BCUT2D eigenvalue weighted by molar-refractivity contribution is -0.122. The Balaban J connectivity index is 3.05. The first-order chi connectivity index (χ1) is 5.02. The Labute approximate surface area is 72.6 Å². The average molecular weight is 219 g/mol. The number of urea groups is 1. The summed E-state index contributed by atoms with van der Waals surface area (Å²) in [5.74, 6) is -0.366. The number of imide groups is 1. The molecule has 0 aromatic heterocycles. The van der Waals surface area contributed by atoms with E-state index in [2.05, 4.69) is 28.0 Å². The molecule has 1 heterocycles. The molecule has 0 bridgehead atoms. The molecule has 0 aromatic carbocycles. The van der Waals surface area contributed by atoms with Gasteiger partial charge in [0, 0.05) is 0 Å². The number of nitrogens with zero attached hydrogens (tertiary/aromatic N) is 1. The molecule has 1 aliphatic rings. The normalized spacial score (nSPS) is 30.5. The van der Waals surface area contributed by atoms with Gasteiger partial charge in [0.05, 0.1) is 16.1 Å². The van der Waals surface area contributed by atoms with Crippen LogP contribution < -0.4 is 5.32 Å². The van der Waals surface area contributed by atoms with E-state index in [1.165, 1.54) is 6.08 Å². The van der Waals surface area contributed by atoms with Crippen molar-refractivity contribution in [3.8, 4) is 0 Å². The van der Waals surface area contributed by atoms with E-state index in [0.717, 1.165) is 3.93 Å². The highest BCUT2D eigenvalue weighted by Gasteiger charge is 2.46. The summed E-state index contributed by atoms with van der Waals surface area (Å²) >= 11 is 2.96. The minimum atomic E-state index is -0.961. The van der Waals surface area contributed by atoms with Gasteiger partial charge in [-0.25, -0.2) is 8.72 Å². The summed E-state index contributed by atoms with van der Waals surface area (Å²) < 4.78 is 1.13. The van der Waals surface area contributed by atoms with Crippen LogP contribution in [0.15, 0.2) is 12.7 Å². The number of amides is 3. The number of rotatable bonds is 1. The lowest BCUT2D eigenvalue weighted by Gasteiger charge is -2.21. The number of hydrogen-bond donors (Lipinski definition) is 1. The second kappa shape index (κ2) is 2.34. The van der Waals surface area contributed by atoms with Crippen molar-refractivity contribution in [1.82, 2.24) is 9.24 Å². The molecule has 1 N–H and O–H groups in total. The van der Waals surface area contributed by atoms with Crippen molar-refractivity contribution >= 4 is 28.1 Å². The molecule has 1 fully saturated rings. The van der Waals surface area contributed by atoms with Crippen LogP contribution in [0.2, 0.25) is 0 Å². The van der Waals surface area contributed by atoms with Crippen LogP contribution in [0, 0.1) is 0 Å². The zero-order chi connectivity index (χ0) is 8.65. The van der Waals surface area contributed by atoms with Crippen LogP contribution in [0.5, 0.6) is 0 Å². The topological polar surface area (TPSA) is 49.4 Å². The highest BCUT2D eigenvalue weighted by molar-refractivity contribution is 9.07. The molecule has 3 amide bonds. The van der Waals surface area contributed by atoms with Gasteiger partial charge in [-0.05, 0) is 6.92 Å². The molecule has 0 spiro atoms. The molecule has 0 aliphatic carbocycles. The van der Waals surface area contributed by atoms with Gasteiger partial charge >= 0.3 is 6.03 Å². The Morgan fingerprint density at radius 3 is 2.45 bits per heavy atom. The second-order valence-corrected chi connectivity index (χ2v) is 3.10. The maximum absolute atomic E-state index is 11.1. The summed E-state index contributed by atoms with van der Waals surface area (Å²) in [6.07, 6.45) is 1.40. The first-order valence-corrected chi connectivity index (χ1v) is 3.68. The summed E-state index contributed by atoms with van der Waals surface area (Å²) in [7, 11) is 0. The summed E-state index contributed by atoms with van der Waals surface area (Å²) in [4.78, 5) is 21.9. The quantitative estimate of drug-likeness (QED) is 0.402. The Hall–Kier alpha value is -0.840. The zero-order valence-corrected chi connectivity index (χ0v) is 7.51. The number of nitrogens with one attached hydrogen (secondary N) is 1. The minimum absolute atomic E-state index is 0.366. The summed E-state index contributed by atoms with van der Waals surface area (Å²) in [5, 5.41) is 2.14. The van der Waals surface area contributed by atoms with E-state index in [4.69, 9.17) is 0 Å². The molecule has 0 saturated carbocycles. The molecule has 1 unspecified atom stereocenters. The van der Waals surface area contributed by atoms with Gasteiger partial charge in [0.2, 0.25) is 0 Å².